The monoisotopic (exact) mass is 156 g/mol. The summed E-state index contributed by atoms with van der Waals surface area (Å²) in [6.45, 7) is 1.56. The van der Waals surface area contributed by atoms with E-state index in [0.29, 0.717) is 5.57 Å². The van der Waals surface area contributed by atoms with Gasteiger partial charge in [0.25, 0.3) is 0 Å². The van der Waals surface area contributed by atoms with Crippen LogP contribution in [-0.4, -0.2) is 33.6 Å². The number of allylic oxidation sites excluding steroid dienone is 2. The van der Waals surface area contributed by atoms with Gasteiger partial charge in [-0.25, -0.2) is 0 Å². The summed E-state index contributed by atoms with van der Waals surface area (Å²) in [5.41, 5.74) is 0.458. The molecule has 3 heteroatoms. The van der Waals surface area contributed by atoms with Crippen LogP contribution in [0.4, 0.5) is 0 Å². The molecule has 3 N–H and O–H groups in total. The second-order valence-electron chi connectivity index (χ2n) is 2.66. The molecule has 0 amide bonds. The second kappa shape index (κ2) is 3.17. The van der Waals surface area contributed by atoms with Crippen LogP contribution < -0.4 is 0 Å². The molecule has 0 bridgehead atoms. The summed E-state index contributed by atoms with van der Waals surface area (Å²) < 4.78 is 0. The van der Waals surface area contributed by atoms with Gasteiger partial charge in [0.1, 0.15) is 12.2 Å². The van der Waals surface area contributed by atoms with Gasteiger partial charge in [0.05, 0.1) is 6.10 Å². The molecule has 0 fully saturated rings. The van der Waals surface area contributed by atoms with Crippen molar-refractivity contribution in [1.29, 1.82) is 0 Å². The molecule has 0 aromatic carbocycles. The third-order valence-corrected chi connectivity index (χ3v) is 1.74. The molecule has 3 nitrogen and oxygen atoms in total. The number of aliphatic hydroxyl groups excluding tert-OH is 3. The van der Waals surface area contributed by atoms with Crippen LogP contribution in [0.5, 0.6) is 0 Å². The average molecular weight is 156 g/mol. The Bertz CT molecular complexity index is 194. The zero-order chi connectivity index (χ0) is 8.43. The molecule has 1 aliphatic carbocycles. The fourth-order valence-electron chi connectivity index (χ4n) is 1.07. The summed E-state index contributed by atoms with van der Waals surface area (Å²) in [5, 5.41) is 27.5. The second-order valence-corrected chi connectivity index (χ2v) is 2.66. The van der Waals surface area contributed by atoms with Crippen molar-refractivity contribution >= 4 is 0 Å². The van der Waals surface area contributed by atoms with Gasteiger partial charge in [-0.05, 0) is 12.5 Å². The minimum absolute atomic E-state index is 0.458. The van der Waals surface area contributed by atoms with Crippen molar-refractivity contribution in [3.8, 4) is 0 Å². The Morgan fingerprint density at radius 3 is 2.55 bits per heavy atom. The Labute approximate surface area is 65.3 Å². The lowest BCUT2D eigenvalue weighted by Gasteiger charge is -2.22. The lowest BCUT2D eigenvalue weighted by molar-refractivity contribution is 0.0539. The van der Waals surface area contributed by atoms with Crippen molar-refractivity contribution in [2.45, 2.75) is 25.2 Å². The summed E-state index contributed by atoms with van der Waals surface area (Å²) in [4.78, 5) is 0. The number of hydrogen-bond acceptors (Lipinski definition) is 3. The fourth-order valence-corrected chi connectivity index (χ4v) is 1.07. The highest BCUT2D eigenvalue weighted by Gasteiger charge is 2.23. The first-order valence-electron chi connectivity index (χ1n) is 3.55. The largest absolute Gasteiger partial charge is 0.389 e. The van der Waals surface area contributed by atoms with E-state index in [0.717, 1.165) is 0 Å². The average Bonchev–Trinajstić information content (AvgIpc) is 1.94. The lowest BCUT2D eigenvalue weighted by Crippen LogP contribution is -2.32. The number of hydrogen-bond donors (Lipinski definition) is 3. The molecule has 0 aromatic heterocycles. The van der Waals surface area contributed by atoms with E-state index in [9.17, 15) is 5.11 Å². The maximum atomic E-state index is 9.28. The van der Waals surface area contributed by atoms with Gasteiger partial charge in [0.15, 0.2) is 0 Å². The van der Waals surface area contributed by atoms with Crippen molar-refractivity contribution in [2.24, 2.45) is 0 Å². The van der Waals surface area contributed by atoms with E-state index in [2.05, 4.69) is 0 Å². The third kappa shape index (κ3) is 1.68. The van der Waals surface area contributed by atoms with E-state index in [1.165, 1.54) is 6.08 Å². The topological polar surface area (TPSA) is 60.7 Å². The van der Waals surface area contributed by atoms with Crippen molar-refractivity contribution in [2.75, 3.05) is 0 Å². The fraction of sp³-hybridized carbons (Fsp3) is 0.500. The predicted octanol–water partition coefficient (Wildman–Crippen LogP) is -0.415. The first-order valence-corrected chi connectivity index (χ1v) is 3.55. The maximum absolute atomic E-state index is 9.28. The van der Waals surface area contributed by atoms with Crippen LogP contribution in [0.3, 0.4) is 0 Å². The summed E-state index contributed by atoms with van der Waals surface area (Å²) in [6.07, 6.45) is 2.17. The molecule has 11 heavy (non-hydrogen) atoms. The molecule has 0 aliphatic heterocycles. The summed E-state index contributed by atoms with van der Waals surface area (Å²) in [5.74, 6) is 0. The van der Waals surface area contributed by atoms with Crippen molar-refractivity contribution in [1.82, 2.24) is 0 Å². The minimum atomic E-state index is -0.958. The van der Waals surface area contributed by atoms with Gasteiger partial charge >= 0.3 is 0 Å². The van der Waals surface area contributed by atoms with Crippen LogP contribution in [0, 0.1) is 0 Å². The molecule has 1 rings (SSSR count). The Morgan fingerprint density at radius 2 is 2.09 bits per heavy atom. The van der Waals surface area contributed by atoms with Crippen molar-refractivity contribution in [3.05, 3.63) is 23.8 Å². The van der Waals surface area contributed by atoms with Crippen molar-refractivity contribution < 1.29 is 15.3 Å². The van der Waals surface area contributed by atoms with Crippen LogP contribution in [0.1, 0.15) is 6.92 Å². The van der Waals surface area contributed by atoms with Crippen LogP contribution in [0.2, 0.25) is 0 Å². The van der Waals surface area contributed by atoms with Crippen LogP contribution in [0.15, 0.2) is 23.8 Å². The molecule has 1 aliphatic rings. The molecule has 3 atom stereocenters. The molecule has 0 saturated heterocycles. The van der Waals surface area contributed by atoms with Gasteiger partial charge in [0, 0.05) is 0 Å². The molecule has 0 spiro atoms. The molecule has 62 valence electrons. The minimum Gasteiger partial charge on any atom is -0.389 e. The van der Waals surface area contributed by atoms with Crippen LogP contribution >= 0.6 is 0 Å². The molecule has 1 unspecified atom stereocenters. The highest BCUT2D eigenvalue weighted by molar-refractivity contribution is 5.27. The Hall–Kier alpha value is -0.640. The molecule has 0 saturated carbocycles. The normalized spacial score (nSPS) is 33.3. The summed E-state index contributed by atoms with van der Waals surface area (Å²) >= 11 is 0. The van der Waals surface area contributed by atoms with Gasteiger partial charge in [0.2, 0.25) is 0 Å². The van der Waals surface area contributed by atoms with Gasteiger partial charge in [-0.15, -0.1) is 0 Å². The summed E-state index contributed by atoms with van der Waals surface area (Å²) in [7, 11) is 0. The van der Waals surface area contributed by atoms with E-state index in [1.54, 1.807) is 19.1 Å². The van der Waals surface area contributed by atoms with E-state index in [1.807, 2.05) is 0 Å². The van der Waals surface area contributed by atoms with E-state index >= 15 is 0 Å². The van der Waals surface area contributed by atoms with Gasteiger partial charge in [-0.1, -0.05) is 18.2 Å². The molecular weight excluding hydrogens is 144 g/mol. The first-order chi connectivity index (χ1) is 5.13. The van der Waals surface area contributed by atoms with Crippen molar-refractivity contribution in [3.63, 3.8) is 0 Å². The molecule has 0 heterocycles. The first kappa shape index (κ1) is 8.46. The SMILES string of the molecule is CC(O)C1=CC=C[C@@H](O)[C@H]1O. The summed E-state index contributed by atoms with van der Waals surface area (Å²) in [6, 6.07) is 0. The van der Waals surface area contributed by atoms with Crippen LogP contribution in [-0.2, 0) is 0 Å². The van der Waals surface area contributed by atoms with Gasteiger partial charge < -0.3 is 15.3 Å². The Morgan fingerprint density at radius 1 is 1.45 bits per heavy atom. The van der Waals surface area contributed by atoms with E-state index < -0.39 is 18.3 Å². The highest BCUT2D eigenvalue weighted by atomic mass is 16.3. The Kier molecular flexibility index (Phi) is 2.44. The molecular formula is C8H12O3. The standard InChI is InChI=1S/C8H12O3/c1-5(9)6-3-2-4-7(10)8(6)11/h2-5,7-11H,1H3/t5?,7-,8+/m1/s1. The predicted molar refractivity (Wildman–Crippen MR) is 40.9 cm³/mol. The van der Waals surface area contributed by atoms with Gasteiger partial charge in [-0.3, -0.25) is 0 Å². The van der Waals surface area contributed by atoms with E-state index in [-0.39, 0.29) is 0 Å². The number of aliphatic hydroxyl groups is 3. The zero-order valence-corrected chi connectivity index (χ0v) is 6.31. The van der Waals surface area contributed by atoms with E-state index in [4.69, 9.17) is 10.2 Å². The zero-order valence-electron chi connectivity index (χ0n) is 6.31. The quantitative estimate of drug-likeness (QED) is 0.483. The van der Waals surface area contributed by atoms with Gasteiger partial charge in [-0.2, -0.15) is 0 Å². The van der Waals surface area contributed by atoms with Crippen LogP contribution in [0.25, 0.3) is 0 Å². The maximum Gasteiger partial charge on any atom is 0.107 e. The molecule has 0 radical (unpaired) electrons. The smallest absolute Gasteiger partial charge is 0.107 e. The highest BCUT2D eigenvalue weighted by Crippen LogP contribution is 2.16. The third-order valence-electron chi connectivity index (χ3n) is 1.74. The molecule has 0 aromatic rings. The number of rotatable bonds is 1. The Balaban J connectivity index is 2.78. The lowest BCUT2D eigenvalue weighted by atomic mass is 9.96.